The van der Waals surface area contributed by atoms with Crippen molar-refractivity contribution in [3.8, 4) is 0 Å². The molecule has 2 N–H and O–H groups in total. The molecule has 1 aromatic carbocycles. The van der Waals surface area contributed by atoms with Gasteiger partial charge in [0.25, 0.3) is 0 Å². The molecule has 0 aliphatic heterocycles. The Kier molecular flexibility index (Phi) is 4.34. The minimum atomic E-state index is -0.301. The number of nitrogen functional groups attached to an aromatic ring is 1. The molecular formula is C15H18FN3. The lowest BCUT2D eigenvalue weighted by atomic mass is 10.1. The number of hydrogen-bond acceptors (Lipinski definition) is 3. The van der Waals surface area contributed by atoms with Gasteiger partial charge in [0.1, 0.15) is 0 Å². The molecule has 0 bridgehead atoms. The molecule has 100 valence electrons. The highest BCUT2D eigenvalue weighted by Crippen LogP contribution is 2.20. The zero-order chi connectivity index (χ0) is 13.7. The lowest BCUT2D eigenvalue weighted by Gasteiger charge is -2.24. The van der Waals surface area contributed by atoms with Crippen molar-refractivity contribution in [2.45, 2.75) is 19.9 Å². The lowest BCUT2D eigenvalue weighted by Crippen LogP contribution is -2.26. The monoisotopic (exact) mass is 259 g/mol. The summed E-state index contributed by atoms with van der Waals surface area (Å²) in [5.74, 6) is 0.0815. The zero-order valence-corrected chi connectivity index (χ0v) is 11.0. The molecule has 0 unspecified atom stereocenters. The van der Waals surface area contributed by atoms with Crippen LogP contribution in [0, 0.1) is 5.82 Å². The molecule has 0 amide bonds. The molecular weight excluding hydrogens is 241 g/mol. The SMILES string of the molecule is CCCN(Cc1ccccc1N)c1ncccc1F. The summed E-state index contributed by atoms with van der Waals surface area (Å²) < 4.78 is 13.8. The van der Waals surface area contributed by atoms with Gasteiger partial charge in [-0.05, 0) is 30.2 Å². The predicted molar refractivity (Wildman–Crippen MR) is 76.4 cm³/mol. The maximum absolute atomic E-state index is 13.8. The summed E-state index contributed by atoms with van der Waals surface area (Å²) in [6, 6.07) is 10.7. The molecule has 1 aromatic heterocycles. The van der Waals surface area contributed by atoms with Gasteiger partial charge in [-0.25, -0.2) is 9.37 Å². The van der Waals surface area contributed by atoms with Gasteiger partial charge in [-0.1, -0.05) is 25.1 Å². The molecule has 0 spiro atoms. The van der Waals surface area contributed by atoms with E-state index < -0.39 is 0 Å². The van der Waals surface area contributed by atoms with Crippen LogP contribution < -0.4 is 10.6 Å². The second-order valence-electron chi connectivity index (χ2n) is 4.43. The number of anilines is 2. The average molecular weight is 259 g/mol. The van der Waals surface area contributed by atoms with E-state index in [1.165, 1.54) is 6.07 Å². The Bertz CT molecular complexity index is 542. The fraction of sp³-hybridized carbons (Fsp3) is 0.267. The Morgan fingerprint density at radius 3 is 2.68 bits per heavy atom. The molecule has 0 saturated heterocycles. The van der Waals surface area contributed by atoms with Gasteiger partial charge in [-0.3, -0.25) is 0 Å². The van der Waals surface area contributed by atoms with Gasteiger partial charge in [-0.15, -0.1) is 0 Å². The topological polar surface area (TPSA) is 42.1 Å². The van der Waals surface area contributed by atoms with Gasteiger partial charge in [0.2, 0.25) is 0 Å². The van der Waals surface area contributed by atoms with E-state index >= 15 is 0 Å². The Labute approximate surface area is 112 Å². The molecule has 3 nitrogen and oxygen atoms in total. The summed E-state index contributed by atoms with van der Waals surface area (Å²) >= 11 is 0. The maximum Gasteiger partial charge on any atom is 0.165 e. The van der Waals surface area contributed by atoms with E-state index in [2.05, 4.69) is 11.9 Å². The van der Waals surface area contributed by atoms with Crippen molar-refractivity contribution in [3.05, 3.63) is 54.0 Å². The number of para-hydroxylation sites is 1. The molecule has 4 heteroatoms. The molecule has 0 atom stereocenters. The third kappa shape index (κ3) is 3.22. The lowest BCUT2D eigenvalue weighted by molar-refractivity contribution is 0.605. The number of benzene rings is 1. The molecule has 0 radical (unpaired) electrons. The number of rotatable bonds is 5. The minimum Gasteiger partial charge on any atom is -0.398 e. The quantitative estimate of drug-likeness (QED) is 0.838. The van der Waals surface area contributed by atoms with E-state index in [4.69, 9.17) is 5.73 Å². The van der Waals surface area contributed by atoms with Crippen molar-refractivity contribution in [2.24, 2.45) is 0 Å². The fourth-order valence-corrected chi connectivity index (χ4v) is 2.02. The average Bonchev–Trinajstić information content (AvgIpc) is 2.41. The normalized spacial score (nSPS) is 10.4. The summed E-state index contributed by atoms with van der Waals surface area (Å²) in [5.41, 5.74) is 7.65. The Hall–Kier alpha value is -2.10. The van der Waals surface area contributed by atoms with Crippen LogP contribution in [0.4, 0.5) is 15.9 Å². The van der Waals surface area contributed by atoms with E-state index in [0.717, 1.165) is 24.2 Å². The molecule has 0 saturated carbocycles. The molecule has 2 aromatic rings. The van der Waals surface area contributed by atoms with Gasteiger partial charge in [-0.2, -0.15) is 0 Å². The summed E-state index contributed by atoms with van der Waals surface area (Å²) in [4.78, 5) is 6.05. The number of aromatic nitrogens is 1. The van der Waals surface area contributed by atoms with Crippen LogP contribution in [0.3, 0.4) is 0 Å². The molecule has 0 fully saturated rings. The molecule has 2 rings (SSSR count). The van der Waals surface area contributed by atoms with Crippen LogP contribution >= 0.6 is 0 Å². The molecule has 0 aliphatic rings. The zero-order valence-electron chi connectivity index (χ0n) is 11.0. The third-order valence-corrected chi connectivity index (χ3v) is 2.95. The first-order valence-electron chi connectivity index (χ1n) is 6.41. The van der Waals surface area contributed by atoms with Gasteiger partial charge in [0, 0.05) is 25.0 Å². The van der Waals surface area contributed by atoms with Crippen LogP contribution in [-0.4, -0.2) is 11.5 Å². The van der Waals surface area contributed by atoms with Crippen LogP contribution in [-0.2, 0) is 6.54 Å². The number of nitrogens with zero attached hydrogens (tertiary/aromatic N) is 2. The second-order valence-corrected chi connectivity index (χ2v) is 4.43. The van der Waals surface area contributed by atoms with Gasteiger partial charge >= 0.3 is 0 Å². The highest BCUT2D eigenvalue weighted by molar-refractivity contribution is 5.50. The highest BCUT2D eigenvalue weighted by Gasteiger charge is 2.13. The van der Waals surface area contributed by atoms with E-state index in [9.17, 15) is 4.39 Å². The van der Waals surface area contributed by atoms with Gasteiger partial charge in [0.05, 0.1) is 0 Å². The number of hydrogen-bond donors (Lipinski definition) is 1. The van der Waals surface area contributed by atoms with E-state index in [0.29, 0.717) is 12.4 Å². The van der Waals surface area contributed by atoms with Crippen molar-refractivity contribution in [1.82, 2.24) is 4.98 Å². The highest BCUT2D eigenvalue weighted by atomic mass is 19.1. The van der Waals surface area contributed by atoms with Crippen LogP contribution in [0.5, 0.6) is 0 Å². The van der Waals surface area contributed by atoms with Crippen LogP contribution in [0.1, 0.15) is 18.9 Å². The Morgan fingerprint density at radius 2 is 2.00 bits per heavy atom. The van der Waals surface area contributed by atoms with Crippen molar-refractivity contribution in [3.63, 3.8) is 0 Å². The van der Waals surface area contributed by atoms with Crippen LogP contribution in [0.2, 0.25) is 0 Å². The molecule has 0 aliphatic carbocycles. The summed E-state index contributed by atoms with van der Waals surface area (Å²) in [5, 5.41) is 0. The minimum absolute atomic E-state index is 0.301. The van der Waals surface area contributed by atoms with Crippen LogP contribution in [0.15, 0.2) is 42.6 Å². The summed E-state index contributed by atoms with van der Waals surface area (Å²) in [7, 11) is 0. The van der Waals surface area contributed by atoms with Gasteiger partial charge in [0.15, 0.2) is 11.6 Å². The van der Waals surface area contributed by atoms with Crippen molar-refractivity contribution in [1.29, 1.82) is 0 Å². The van der Waals surface area contributed by atoms with Crippen molar-refractivity contribution >= 4 is 11.5 Å². The Balaban J connectivity index is 2.27. The number of pyridine rings is 1. The predicted octanol–water partition coefficient (Wildman–Crippen LogP) is 3.22. The second kappa shape index (κ2) is 6.18. The summed E-state index contributed by atoms with van der Waals surface area (Å²) in [6.45, 7) is 3.36. The third-order valence-electron chi connectivity index (χ3n) is 2.95. The van der Waals surface area contributed by atoms with Crippen molar-refractivity contribution < 1.29 is 4.39 Å². The van der Waals surface area contributed by atoms with Gasteiger partial charge < -0.3 is 10.6 Å². The van der Waals surface area contributed by atoms with E-state index in [-0.39, 0.29) is 5.82 Å². The molecule has 1 heterocycles. The first-order valence-corrected chi connectivity index (χ1v) is 6.41. The van der Waals surface area contributed by atoms with E-state index in [1.54, 1.807) is 12.3 Å². The largest absolute Gasteiger partial charge is 0.398 e. The number of halogens is 1. The maximum atomic E-state index is 13.8. The van der Waals surface area contributed by atoms with Crippen molar-refractivity contribution in [2.75, 3.05) is 17.2 Å². The standard InChI is InChI=1S/C15H18FN3/c1-2-10-19(15-13(16)7-5-9-18-15)11-12-6-3-4-8-14(12)17/h3-9H,2,10-11,17H2,1H3. The summed E-state index contributed by atoms with van der Waals surface area (Å²) in [6.07, 6.45) is 2.53. The Morgan fingerprint density at radius 1 is 1.21 bits per heavy atom. The smallest absolute Gasteiger partial charge is 0.165 e. The first kappa shape index (κ1) is 13.3. The van der Waals surface area contributed by atoms with Crippen LogP contribution in [0.25, 0.3) is 0 Å². The number of nitrogens with two attached hydrogens (primary N) is 1. The first-order chi connectivity index (χ1) is 9.22. The molecule has 19 heavy (non-hydrogen) atoms. The fourth-order valence-electron chi connectivity index (χ4n) is 2.02. The van der Waals surface area contributed by atoms with E-state index in [1.807, 2.05) is 29.2 Å².